The smallest absolute Gasteiger partial charge is 0.254 e. The number of fused-ring (bicyclic) bond motifs is 1. The maximum Gasteiger partial charge on any atom is 0.254 e. The van der Waals surface area contributed by atoms with Gasteiger partial charge < -0.3 is 0 Å². The molecule has 1 aromatic carbocycles. The molecule has 0 spiro atoms. The molecule has 0 saturated carbocycles. The van der Waals surface area contributed by atoms with Gasteiger partial charge in [0.2, 0.25) is 0 Å². The van der Waals surface area contributed by atoms with Crippen LogP contribution in [0.15, 0.2) is 35.1 Å². The molecule has 20 heavy (non-hydrogen) atoms. The van der Waals surface area contributed by atoms with Gasteiger partial charge in [0.15, 0.2) is 0 Å². The van der Waals surface area contributed by atoms with Crippen molar-refractivity contribution in [2.24, 2.45) is 5.41 Å². The van der Waals surface area contributed by atoms with Gasteiger partial charge >= 0.3 is 0 Å². The lowest BCUT2D eigenvalue weighted by Gasteiger charge is -2.31. The minimum atomic E-state index is -0.287. The van der Waals surface area contributed by atoms with Crippen molar-refractivity contribution in [3.8, 4) is 11.3 Å². The Hall–Kier alpha value is -1.97. The van der Waals surface area contributed by atoms with Crippen LogP contribution in [0.3, 0.4) is 0 Å². The number of nitrogens with zero attached hydrogens (tertiary/aromatic N) is 2. The zero-order valence-electron chi connectivity index (χ0n) is 11.7. The van der Waals surface area contributed by atoms with Gasteiger partial charge in [-0.25, -0.2) is 9.37 Å². The highest BCUT2D eigenvalue weighted by molar-refractivity contribution is 5.58. The van der Waals surface area contributed by atoms with Crippen LogP contribution in [0.25, 0.3) is 11.3 Å². The van der Waals surface area contributed by atoms with Crippen molar-refractivity contribution in [1.82, 2.24) is 9.55 Å². The van der Waals surface area contributed by atoms with E-state index in [1.165, 1.54) is 18.2 Å². The second-order valence-electron chi connectivity index (χ2n) is 6.15. The van der Waals surface area contributed by atoms with E-state index in [9.17, 15) is 9.18 Å². The van der Waals surface area contributed by atoms with Gasteiger partial charge in [-0.3, -0.25) is 9.36 Å². The van der Waals surface area contributed by atoms with E-state index in [1.807, 2.05) is 0 Å². The second-order valence-corrected chi connectivity index (χ2v) is 6.15. The normalized spacial score (nSPS) is 16.8. The Morgan fingerprint density at radius 1 is 1.25 bits per heavy atom. The molecule has 104 valence electrons. The predicted octanol–water partition coefficient (Wildman–Crippen LogP) is 3.02. The molecule has 0 saturated heterocycles. The van der Waals surface area contributed by atoms with E-state index in [1.54, 1.807) is 16.7 Å². The van der Waals surface area contributed by atoms with Gasteiger partial charge in [-0.1, -0.05) is 13.8 Å². The van der Waals surface area contributed by atoms with Gasteiger partial charge in [0.25, 0.3) is 5.56 Å². The molecule has 4 heteroatoms. The minimum absolute atomic E-state index is 0.0233. The lowest BCUT2D eigenvalue weighted by Crippen LogP contribution is -2.34. The molecule has 0 bridgehead atoms. The lowest BCUT2D eigenvalue weighted by atomic mass is 9.83. The Kier molecular flexibility index (Phi) is 2.96. The van der Waals surface area contributed by atoms with Crippen molar-refractivity contribution < 1.29 is 4.39 Å². The van der Waals surface area contributed by atoms with Crippen molar-refractivity contribution in [1.29, 1.82) is 0 Å². The molecule has 1 aromatic heterocycles. The van der Waals surface area contributed by atoms with Crippen LogP contribution in [0.5, 0.6) is 0 Å². The Balaban J connectivity index is 2.09. The molecule has 0 aliphatic carbocycles. The van der Waals surface area contributed by atoms with Crippen molar-refractivity contribution in [2.45, 2.75) is 33.2 Å². The number of rotatable bonds is 1. The van der Waals surface area contributed by atoms with Crippen LogP contribution >= 0.6 is 0 Å². The van der Waals surface area contributed by atoms with Crippen LogP contribution in [-0.4, -0.2) is 9.55 Å². The molecule has 0 N–H and O–H groups in total. The molecule has 0 amide bonds. The third kappa shape index (κ3) is 2.38. The summed E-state index contributed by atoms with van der Waals surface area (Å²) in [6.07, 6.45) is 1.77. The maximum atomic E-state index is 13.0. The Morgan fingerprint density at radius 2 is 1.95 bits per heavy atom. The summed E-state index contributed by atoms with van der Waals surface area (Å²) in [6, 6.07) is 7.62. The summed E-state index contributed by atoms with van der Waals surface area (Å²) in [4.78, 5) is 16.8. The maximum absolute atomic E-state index is 13.0. The molecule has 0 radical (unpaired) electrons. The minimum Gasteiger partial charge on any atom is -0.297 e. The molecule has 3 nitrogen and oxygen atoms in total. The summed E-state index contributed by atoms with van der Waals surface area (Å²) in [5.41, 5.74) is 1.54. The fraction of sp³-hybridized carbons (Fsp3) is 0.375. The third-order valence-electron chi connectivity index (χ3n) is 3.88. The summed E-state index contributed by atoms with van der Waals surface area (Å²) in [5, 5.41) is 0. The van der Waals surface area contributed by atoms with Crippen molar-refractivity contribution in [3.05, 3.63) is 52.3 Å². The van der Waals surface area contributed by atoms with Gasteiger partial charge in [-0.2, -0.15) is 0 Å². The van der Waals surface area contributed by atoms with Crippen LogP contribution in [0.2, 0.25) is 0 Å². The van der Waals surface area contributed by atoms with E-state index < -0.39 is 0 Å². The van der Waals surface area contributed by atoms with E-state index >= 15 is 0 Å². The van der Waals surface area contributed by atoms with Crippen LogP contribution in [0.1, 0.15) is 26.1 Å². The first kappa shape index (κ1) is 13.0. The first-order valence-electron chi connectivity index (χ1n) is 6.81. The summed E-state index contributed by atoms with van der Waals surface area (Å²) in [5.74, 6) is 0.539. The molecule has 2 heterocycles. The Labute approximate surface area is 117 Å². The average Bonchev–Trinajstić information content (AvgIpc) is 2.37. The highest BCUT2D eigenvalue weighted by Gasteiger charge is 2.27. The topological polar surface area (TPSA) is 34.9 Å². The number of aromatic nitrogens is 2. The molecule has 0 fully saturated rings. The fourth-order valence-corrected chi connectivity index (χ4v) is 2.63. The van der Waals surface area contributed by atoms with Crippen molar-refractivity contribution in [2.75, 3.05) is 0 Å². The van der Waals surface area contributed by atoms with Crippen LogP contribution in [-0.2, 0) is 13.0 Å². The van der Waals surface area contributed by atoms with Crippen LogP contribution < -0.4 is 5.56 Å². The molecule has 0 unspecified atom stereocenters. The molecule has 2 aromatic rings. The molecule has 1 aliphatic rings. The molecule has 1 aliphatic heterocycles. The quantitative estimate of drug-likeness (QED) is 0.799. The van der Waals surface area contributed by atoms with Crippen LogP contribution in [0.4, 0.5) is 4.39 Å². The molecular weight excluding hydrogens is 255 g/mol. The number of halogens is 1. The van der Waals surface area contributed by atoms with Crippen molar-refractivity contribution in [3.63, 3.8) is 0 Å². The van der Waals surface area contributed by atoms with E-state index in [0.717, 1.165) is 30.8 Å². The first-order valence-corrected chi connectivity index (χ1v) is 6.81. The largest absolute Gasteiger partial charge is 0.297 e. The third-order valence-corrected chi connectivity index (χ3v) is 3.88. The number of benzene rings is 1. The number of hydrogen-bond donors (Lipinski definition) is 0. The lowest BCUT2D eigenvalue weighted by molar-refractivity contribution is 0.260. The average molecular weight is 272 g/mol. The molecule has 0 atom stereocenters. The van der Waals surface area contributed by atoms with Gasteiger partial charge in [0.1, 0.15) is 11.6 Å². The standard InChI is InChI=1S/C16H17FN2O/c1-16(2)7-8-19-14(10-16)18-13(9-15(19)20)11-3-5-12(17)6-4-11/h3-6,9H,7-8,10H2,1-2H3. The van der Waals surface area contributed by atoms with Gasteiger partial charge in [0, 0.05) is 24.6 Å². The predicted molar refractivity (Wildman–Crippen MR) is 76.0 cm³/mol. The summed E-state index contributed by atoms with van der Waals surface area (Å²) >= 11 is 0. The van der Waals surface area contributed by atoms with Crippen molar-refractivity contribution >= 4 is 0 Å². The van der Waals surface area contributed by atoms with Gasteiger partial charge in [0.05, 0.1) is 5.69 Å². The van der Waals surface area contributed by atoms with E-state index in [2.05, 4.69) is 18.8 Å². The van der Waals surface area contributed by atoms with E-state index in [4.69, 9.17) is 0 Å². The zero-order valence-corrected chi connectivity index (χ0v) is 11.7. The molecular formula is C16H17FN2O. The van der Waals surface area contributed by atoms with E-state index in [-0.39, 0.29) is 16.8 Å². The van der Waals surface area contributed by atoms with Crippen LogP contribution in [0, 0.1) is 11.2 Å². The first-order chi connectivity index (χ1) is 9.44. The zero-order chi connectivity index (χ0) is 14.3. The summed E-state index contributed by atoms with van der Waals surface area (Å²) in [7, 11) is 0. The SMILES string of the molecule is CC1(C)CCn2c(nc(-c3ccc(F)cc3)cc2=O)C1. The second kappa shape index (κ2) is 4.54. The fourth-order valence-electron chi connectivity index (χ4n) is 2.63. The number of hydrogen-bond acceptors (Lipinski definition) is 2. The summed E-state index contributed by atoms with van der Waals surface area (Å²) < 4.78 is 14.7. The van der Waals surface area contributed by atoms with E-state index in [0.29, 0.717) is 5.69 Å². The monoisotopic (exact) mass is 272 g/mol. The highest BCUT2D eigenvalue weighted by atomic mass is 19.1. The Morgan fingerprint density at radius 3 is 2.65 bits per heavy atom. The molecule has 3 rings (SSSR count). The summed E-state index contributed by atoms with van der Waals surface area (Å²) in [6.45, 7) is 5.10. The van der Waals surface area contributed by atoms with Gasteiger partial charge in [-0.15, -0.1) is 0 Å². The highest BCUT2D eigenvalue weighted by Crippen LogP contribution is 2.30. The van der Waals surface area contributed by atoms with Gasteiger partial charge in [-0.05, 0) is 36.1 Å². The Bertz CT molecular complexity index is 701.